The van der Waals surface area contributed by atoms with E-state index in [1.54, 1.807) is 11.3 Å². The monoisotopic (exact) mass is 270 g/mol. The van der Waals surface area contributed by atoms with Crippen LogP contribution in [-0.4, -0.2) is 31.2 Å². The van der Waals surface area contributed by atoms with Gasteiger partial charge in [0.25, 0.3) is 0 Å². The smallest absolute Gasteiger partial charge is 0.311 e. The maximum atomic E-state index is 11.3. The minimum absolute atomic E-state index is 0.206. The number of esters is 1. The topological polar surface area (TPSA) is 42.4 Å². The highest BCUT2D eigenvalue weighted by molar-refractivity contribution is 7.13. The molecule has 0 radical (unpaired) electrons. The molecule has 1 aromatic heterocycles. The van der Waals surface area contributed by atoms with Gasteiger partial charge in [-0.05, 0) is 13.3 Å². The highest BCUT2D eigenvalue weighted by atomic mass is 32.1. The molecule has 0 unspecified atom stereocenters. The minimum Gasteiger partial charge on any atom is -0.466 e. The summed E-state index contributed by atoms with van der Waals surface area (Å²) in [6, 6.07) is 0. The summed E-state index contributed by atoms with van der Waals surface area (Å²) in [6.07, 6.45) is 3.91. The highest BCUT2D eigenvalue weighted by Crippen LogP contribution is 2.20. The molecule has 0 saturated carbocycles. The Morgan fingerprint density at radius 1 is 1.44 bits per heavy atom. The molecule has 0 bridgehead atoms. The summed E-state index contributed by atoms with van der Waals surface area (Å²) in [5.74, 6) is -0.206. The van der Waals surface area contributed by atoms with Crippen molar-refractivity contribution in [2.45, 2.75) is 39.5 Å². The van der Waals surface area contributed by atoms with E-state index in [4.69, 9.17) is 4.74 Å². The molecule has 0 atom stereocenters. The van der Waals surface area contributed by atoms with Gasteiger partial charge in [-0.1, -0.05) is 19.8 Å². The summed E-state index contributed by atoms with van der Waals surface area (Å²) in [4.78, 5) is 17.9. The molecule has 18 heavy (non-hydrogen) atoms. The van der Waals surface area contributed by atoms with Crippen LogP contribution in [0.4, 0.5) is 5.13 Å². The van der Waals surface area contributed by atoms with Crippen molar-refractivity contribution in [3.05, 3.63) is 11.1 Å². The number of ether oxygens (including phenoxy) is 1. The molecule has 5 heteroatoms. The van der Waals surface area contributed by atoms with Crippen LogP contribution in [0.5, 0.6) is 0 Å². The third-order valence-electron chi connectivity index (χ3n) is 2.59. The van der Waals surface area contributed by atoms with Gasteiger partial charge in [0.15, 0.2) is 5.13 Å². The van der Waals surface area contributed by atoms with Crippen molar-refractivity contribution in [1.29, 1.82) is 0 Å². The summed E-state index contributed by atoms with van der Waals surface area (Å²) in [6.45, 7) is 5.44. The van der Waals surface area contributed by atoms with Crippen molar-refractivity contribution in [2.75, 3.05) is 25.1 Å². The summed E-state index contributed by atoms with van der Waals surface area (Å²) in [5, 5.41) is 2.91. The molecule has 0 aliphatic carbocycles. The minimum atomic E-state index is -0.206. The fraction of sp³-hybridized carbons (Fsp3) is 0.692. The molecule has 0 aliphatic rings. The molecular weight excluding hydrogens is 248 g/mol. The van der Waals surface area contributed by atoms with Gasteiger partial charge in [0, 0.05) is 19.0 Å². The van der Waals surface area contributed by atoms with Gasteiger partial charge in [-0.3, -0.25) is 4.79 Å². The van der Waals surface area contributed by atoms with E-state index in [0.29, 0.717) is 6.61 Å². The van der Waals surface area contributed by atoms with Crippen LogP contribution in [0.1, 0.15) is 38.8 Å². The van der Waals surface area contributed by atoms with Crippen LogP contribution in [0.15, 0.2) is 5.38 Å². The molecule has 4 nitrogen and oxygen atoms in total. The normalized spacial score (nSPS) is 10.4. The standard InChI is InChI=1S/C13H22N2O2S/c1-4-6-7-8-15(3)13-14-11(10-18-13)9-12(16)17-5-2/h10H,4-9H2,1-3H3. The molecule has 0 spiro atoms. The Kier molecular flexibility index (Phi) is 6.72. The van der Waals surface area contributed by atoms with Crippen LogP contribution in [0.25, 0.3) is 0 Å². The van der Waals surface area contributed by atoms with E-state index < -0.39 is 0 Å². The molecule has 1 rings (SSSR count). The van der Waals surface area contributed by atoms with Crippen LogP contribution in [-0.2, 0) is 16.0 Å². The third-order valence-corrected chi connectivity index (χ3v) is 3.60. The third kappa shape index (κ3) is 5.04. The number of nitrogens with zero attached hydrogens (tertiary/aromatic N) is 2. The van der Waals surface area contributed by atoms with Crippen LogP contribution in [0.3, 0.4) is 0 Å². The lowest BCUT2D eigenvalue weighted by atomic mass is 10.2. The van der Waals surface area contributed by atoms with Crippen LogP contribution in [0, 0.1) is 0 Å². The molecule has 1 aromatic rings. The van der Waals surface area contributed by atoms with Gasteiger partial charge in [0.2, 0.25) is 0 Å². The average Bonchev–Trinajstić information content (AvgIpc) is 2.78. The number of hydrogen-bond donors (Lipinski definition) is 0. The number of carbonyl (C=O) groups excluding carboxylic acids is 1. The first kappa shape index (κ1) is 15.0. The molecule has 102 valence electrons. The second-order valence-corrected chi connectivity index (χ2v) is 5.07. The molecule has 0 N–H and O–H groups in total. The zero-order valence-corrected chi connectivity index (χ0v) is 12.3. The van der Waals surface area contributed by atoms with Crippen LogP contribution < -0.4 is 4.90 Å². The SMILES string of the molecule is CCCCCN(C)c1nc(CC(=O)OCC)cs1. The Balaban J connectivity index is 2.44. The maximum Gasteiger partial charge on any atom is 0.311 e. The number of anilines is 1. The lowest BCUT2D eigenvalue weighted by Gasteiger charge is -2.14. The predicted molar refractivity (Wildman–Crippen MR) is 75.2 cm³/mol. The van der Waals surface area contributed by atoms with E-state index in [9.17, 15) is 4.79 Å². The van der Waals surface area contributed by atoms with Crippen LogP contribution >= 0.6 is 11.3 Å². The quantitative estimate of drug-likeness (QED) is 0.538. The van der Waals surface area contributed by atoms with Crippen molar-refractivity contribution < 1.29 is 9.53 Å². The zero-order valence-electron chi connectivity index (χ0n) is 11.4. The summed E-state index contributed by atoms with van der Waals surface area (Å²) >= 11 is 1.58. The highest BCUT2D eigenvalue weighted by Gasteiger charge is 2.10. The lowest BCUT2D eigenvalue weighted by molar-refractivity contribution is -0.142. The Morgan fingerprint density at radius 3 is 2.89 bits per heavy atom. The summed E-state index contributed by atoms with van der Waals surface area (Å²) in [7, 11) is 2.04. The number of aromatic nitrogens is 1. The van der Waals surface area contributed by atoms with Gasteiger partial charge >= 0.3 is 5.97 Å². The molecule has 1 heterocycles. The van der Waals surface area contributed by atoms with Crippen molar-refractivity contribution in [2.24, 2.45) is 0 Å². The van der Waals surface area contributed by atoms with Gasteiger partial charge < -0.3 is 9.64 Å². The van der Waals surface area contributed by atoms with Crippen molar-refractivity contribution >= 4 is 22.4 Å². The molecule has 0 amide bonds. The van der Waals surface area contributed by atoms with Gasteiger partial charge in [0.05, 0.1) is 18.7 Å². The van der Waals surface area contributed by atoms with Crippen molar-refractivity contribution in [1.82, 2.24) is 4.98 Å². The van der Waals surface area contributed by atoms with Gasteiger partial charge in [-0.2, -0.15) is 0 Å². The first-order valence-corrected chi connectivity index (χ1v) is 7.36. The van der Waals surface area contributed by atoms with Crippen LogP contribution in [0.2, 0.25) is 0 Å². The first-order valence-electron chi connectivity index (χ1n) is 6.48. The lowest BCUT2D eigenvalue weighted by Crippen LogP contribution is -2.18. The second kappa shape index (κ2) is 8.08. The molecular formula is C13H22N2O2S. The maximum absolute atomic E-state index is 11.3. The van der Waals surface area contributed by atoms with Gasteiger partial charge in [-0.15, -0.1) is 11.3 Å². The number of hydrogen-bond acceptors (Lipinski definition) is 5. The molecule has 0 saturated heterocycles. The number of unbranched alkanes of at least 4 members (excludes halogenated alkanes) is 2. The molecule has 0 aromatic carbocycles. The Hall–Kier alpha value is -1.10. The summed E-state index contributed by atoms with van der Waals surface area (Å²) < 4.78 is 4.91. The van der Waals surface area contributed by atoms with E-state index in [2.05, 4.69) is 16.8 Å². The molecule has 0 aliphatic heterocycles. The first-order chi connectivity index (χ1) is 8.67. The fourth-order valence-corrected chi connectivity index (χ4v) is 2.43. The van der Waals surface area contributed by atoms with Crippen molar-refractivity contribution in [3.8, 4) is 0 Å². The summed E-state index contributed by atoms with van der Waals surface area (Å²) in [5.41, 5.74) is 0.802. The van der Waals surface area contributed by atoms with Crippen molar-refractivity contribution in [3.63, 3.8) is 0 Å². The Bertz CT molecular complexity index is 366. The predicted octanol–water partition coefficient (Wildman–Crippen LogP) is 2.88. The zero-order chi connectivity index (χ0) is 13.4. The van der Waals surface area contributed by atoms with E-state index in [1.165, 1.54) is 19.3 Å². The van der Waals surface area contributed by atoms with E-state index in [1.807, 2.05) is 19.4 Å². The Morgan fingerprint density at radius 2 is 2.22 bits per heavy atom. The molecule has 0 fully saturated rings. The average molecular weight is 270 g/mol. The fourth-order valence-electron chi connectivity index (χ4n) is 1.61. The van der Waals surface area contributed by atoms with E-state index in [-0.39, 0.29) is 12.4 Å². The number of rotatable bonds is 8. The van der Waals surface area contributed by atoms with E-state index >= 15 is 0 Å². The number of thiazole rings is 1. The Labute approximate surface area is 113 Å². The van der Waals surface area contributed by atoms with Gasteiger partial charge in [-0.25, -0.2) is 4.98 Å². The largest absolute Gasteiger partial charge is 0.466 e. The van der Waals surface area contributed by atoms with E-state index in [0.717, 1.165) is 17.4 Å². The number of carbonyl (C=O) groups is 1. The second-order valence-electron chi connectivity index (χ2n) is 4.23. The van der Waals surface area contributed by atoms with Gasteiger partial charge in [0.1, 0.15) is 0 Å².